The molecule has 0 amide bonds. The second-order valence-corrected chi connectivity index (χ2v) is 3.42. The van der Waals surface area contributed by atoms with Crippen molar-refractivity contribution in [3.8, 4) is 0 Å². The molecule has 0 unspecified atom stereocenters. The lowest BCUT2D eigenvalue weighted by molar-refractivity contribution is 0.128. The molecule has 0 spiro atoms. The molecule has 0 aromatic carbocycles. The molecule has 0 aliphatic carbocycles. The van der Waals surface area contributed by atoms with Gasteiger partial charge in [-0.05, 0) is 32.4 Å². The molecule has 0 heterocycles. The Morgan fingerprint density at radius 1 is 0.929 bits per heavy atom. The van der Waals surface area contributed by atoms with Crippen molar-refractivity contribution in [2.24, 2.45) is 0 Å². The van der Waals surface area contributed by atoms with Gasteiger partial charge < -0.3 is 14.8 Å². The molecule has 3 heteroatoms. The first kappa shape index (κ1) is 13.9. The summed E-state index contributed by atoms with van der Waals surface area (Å²) in [5.74, 6) is 0. The van der Waals surface area contributed by atoms with Crippen LogP contribution in [0, 0.1) is 0 Å². The van der Waals surface area contributed by atoms with Gasteiger partial charge in [0.15, 0.2) is 0 Å². The minimum atomic E-state index is 0.847. The summed E-state index contributed by atoms with van der Waals surface area (Å²) in [6, 6.07) is 0. The van der Waals surface area contributed by atoms with Crippen LogP contribution in [-0.2, 0) is 9.47 Å². The van der Waals surface area contributed by atoms with Crippen molar-refractivity contribution in [3.05, 3.63) is 0 Å². The van der Waals surface area contributed by atoms with Crippen molar-refractivity contribution < 1.29 is 9.47 Å². The van der Waals surface area contributed by atoms with E-state index in [0.29, 0.717) is 0 Å². The Morgan fingerprint density at radius 2 is 1.57 bits per heavy atom. The average Bonchev–Trinajstić information content (AvgIpc) is 2.21. The zero-order valence-corrected chi connectivity index (χ0v) is 9.68. The lowest BCUT2D eigenvalue weighted by atomic mass is 10.3. The van der Waals surface area contributed by atoms with E-state index in [9.17, 15) is 0 Å². The largest absolute Gasteiger partial charge is 0.385 e. The number of hydrogen-bond acceptors (Lipinski definition) is 3. The van der Waals surface area contributed by atoms with E-state index in [1.165, 1.54) is 12.8 Å². The number of unbranched alkanes of at least 4 members (excludes halogenated alkanes) is 1. The minimum Gasteiger partial charge on any atom is -0.385 e. The van der Waals surface area contributed by atoms with E-state index in [-0.39, 0.29) is 0 Å². The third-order valence-electron chi connectivity index (χ3n) is 1.99. The van der Waals surface area contributed by atoms with Crippen molar-refractivity contribution in [1.29, 1.82) is 0 Å². The van der Waals surface area contributed by atoms with Gasteiger partial charge in [-0.1, -0.05) is 13.3 Å². The third-order valence-corrected chi connectivity index (χ3v) is 1.99. The van der Waals surface area contributed by atoms with Crippen molar-refractivity contribution >= 4 is 0 Å². The maximum Gasteiger partial charge on any atom is 0.0478 e. The van der Waals surface area contributed by atoms with Crippen LogP contribution in [0.1, 0.15) is 32.6 Å². The van der Waals surface area contributed by atoms with Gasteiger partial charge in [-0.15, -0.1) is 0 Å². The molecule has 1 N–H and O–H groups in total. The number of ether oxygens (including phenoxy) is 2. The SMILES string of the molecule is CCCCOCCCNCCCOC. The van der Waals surface area contributed by atoms with Gasteiger partial charge in [0, 0.05) is 26.9 Å². The molecule has 0 bridgehead atoms. The Balaban J connectivity index is 2.78. The molecule has 0 radical (unpaired) electrons. The van der Waals surface area contributed by atoms with E-state index in [2.05, 4.69) is 12.2 Å². The summed E-state index contributed by atoms with van der Waals surface area (Å²) in [4.78, 5) is 0. The van der Waals surface area contributed by atoms with Gasteiger partial charge in [-0.2, -0.15) is 0 Å². The van der Waals surface area contributed by atoms with Gasteiger partial charge in [-0.3, -0.25) is 0 Å². The van der Waals surface area contributed by atoms with Gasteiger partial charge in [-0.25, -0.2) is 0 Å². The average molecular weight is 203 g/mol. The van der Waals surface area contributed by atoms with E-state index in [4.69, 9.17) is 9.47 Å². The van der Waals surface area contributed by atoms with Gasteiger partial charge in [0.05, 0.1) is 0 Å². The summed E-state index contributed by atoms with van der Waals surface area (Å²) < 4.78 is 10.4. The molecule has 0 rings (SSSR count). The second-order valence-electron chi connectivity index (χ2n) is 3.42. The Bertz CT molecular complexity index is 87.3. The van der Waals surface area contributed by atoms with Crippen LogP contribution < -0.4 is 5.32 Å². The molecular weight excluding hydrogens is 178 g/mol. The van der Waals surface area contributed by atoms with Crippen LogP contribution in [-0.4, -0.2) is 40.0 Å². The molecule has 0 saturated carbocycles. The van der Waals surface area contributed by atoms with Crippen molar-refractivity contribution in [3.63, 3.8) is 0 Å². The summed E-state index contributed by atoms with van der Waals surface area (Å²) in [6.07, 6.45) is 4.60. The molecule has 0 atom stereocenters. The maximum atomic E-state index is 5.44. The van der Waals surface area contributed by atoms with E-state index < -0.39 is 0 Å². The first-order valence-corrected chi connectivity index (χ1v) is 5.69. The topological polar surface area (TPSA) is 30.5 Å². The quantitative estimate of drug-likeness (QED) is 0.520. The normalized spacial score (nSPS) is 10.7. The fourth-order valence-electron chi connectivity index (χ4n) is 1.11. The maximum absolute atomic E-state index is 5.44. The zero-order valence-electron chi connectivity index (χ0n) is 9.68. The van der Waals surface area contributed by atoms with Crippen molar-refractivity contribution in [2.75, 3.05) is 40.0 Å². The molecule has 86 valence electrons. The Hall–Kier alpha value is -0.120. The highest BCUT2D eigenvalue weighted by molar-refractivity contribution is 4.47. The van der Waals surface area contributed by atoms with Crippen LogP contribution in [0.3, 0.4) is 0 Å². The summed E-state index contributed by atoms with van der Waals surface area (Å²) in [6.45, 7) is 6.93. The first-order valence-electron chi connectivity index (χ1n) is 5.69. The van der Waals surface area contributed by atoms with Gasteiger partial charge in [0.1, 0.15) is 0 Å². The molecule has 0 aliphatic rings. The number of nitrogens with one attached hydrogen (secondary N) is 1. The van der Waals surface area contributed by atoms with Gasteiger partial charge in [0.25, 0.3) is 0 Å². The zero-order chi connectivity index (χ0) is 10.5. The highest BCUT2D eigenvalue weighted by Crippen LogP contribution is 1.89. The van der Waals surface area contributed by atoms with Crippen LogP contribution in [0.2, 0.25) is 0 Å². The van der Waals surface area contributed by atoms with Crippen LogP contribution in [0.4, 0.5) is 0 Å². The van der Waals surface area contributed by atoms with Crippen LogP contribution in [0.25, 0.3) is 0 Å². The van der Waals surface area contributed by atoms with E-state index in [0.717, 1.165) is 45.8 Å². The molecule has 0 aliphatic heterocycles. The molecular formula is C11H25NO2. The number of hydrogen-bond donors (Lipinski definition) is 1. The van der Waals surface area contributed by atoms with Crippen LogP contribution >= 0.6 is 0 Å². The molecule has 0 fully saturated rings. The van der Waals surface area contributed by atoms with Crippen LogP contribution in [0.5, 0.6) is 0 Å². The van der Waals surface area contributed by atoms with Crippen molar-refractivity contribution in [2.45, 2.75) is 32.6 Å². The smallest absolute Gasteiger partial charge is 0.0478 e. The Morgan fingerprint density at radius 3 is 2.21 bits per heavy atom. The lowest BCUT2D eigenvalue weighted by Crippen LogP contribution is -2.19. The lowest BCUT2D eigenvalue weighted by Gasteiger charge is -2.05. The highest BCUT2D eigenvalue weighted by atomic mass is 16.5. The Labute approximate surface area is 88.2 Å². The number of methoxy groups -OCH3 is 1. The van der Waals surface area contributed by atoms with Gasteiger partial charge >= 0.3 is 0 Å². The monoisotopic (exact) mass is 203 g/mol. The fraction of sp³-hybridized carbons (Fsp3) is 1.00. The summed E-state index contributed by atoms with van der Waals surface area (Å²) >= 11 is 0. The number of rotatable bonds is 11. The highest BCUT2D eigenvalue weighted by Gasteiger charge is 1.89. The summed E-state index contributed by atoms with van der Waals surface area (Å²) in [5, 5.41) is 3.35. The van der Waals surface area contributed by atoms with Crippen molar-refractivity contribution in [1.82, 2.24) is 5.32 Å². The second kappa shape index (κ2) is 12.9. The fourth-order valence-corrected chi connectivity index (χ4v) is 1.11. The molecule has 0 saturated heterocycles. The van der Waals surface area contributed by atoms with Gasteiger partial charge in [0.2, 0.25) is 0 Å². The molecule has 0 aromatic heterocycles. The predicted molar refractivity (Wildman–Crippen MR) is 59.7 cm³/mol. The predicted octanol–water partition coefficient (Wildman–Crippen LogP) is 1.82. The summed E-state index contributed by atoms with van der Waals surface area (Å²) in [5.41, 5.74) is 0. The first-order chi connectivity index (χ1) is 6.91. The van der Waals surface area contributed by atoms with Crippen LogP contribution in [0.15, 0.2) is 0 Å². The Kier molecular flexibility index (Phi) is 12.8. The third kappa shape index (κ3) is 11.9. The molecule has 0 aromatic rings. The summed E-state index contributed by atoms with van der Waals surface area (Å²) in [7, 11) is 1.74. The minimum absolute atomic E-state index is 0.847. The molecule has 3 nitrogen and oxygen atoms in total. The molecule has 14 heavy (non-hydrogen) atoms. The standard InChI is InChI=1S/C11H25NO2/c1-3-4-10-14-11-6-8-12-7-5-9-13-2/h12H,3-11H2,1-2H3. The van der Waals surface area contributed by atoms with E-state index in [1.54, 1.807) is 7.11 Å². The van der Waals surface area contributed by atoms with E-state index >= 15 is 0 Å². The van der Waals surface area contributed by atoms with E-state index in [1.807, 2.05) is 0 Å².